The fraction of sp³-hybridized carbons (Fsp3) is 0.278. The molecular weight excluding hydrogens is 342 g/mol. The first-order valence-electron chi connectivity index (χ1n) is 7.13. The predicted molar refractivity (Wildman–Crippen MR) is 93.7 cm³/mol. The Morgan fingerprint density at radius 2 is 1.77 bits per heavy atom. The summed E-state index contributed by atoms with van der Waals surface area (Å²) in [6.45, 7) is 8.04. The van der Waals surface area contributed by atoms with Crippen molar-refractivity contribution in [1.29, 1.82) is 0 Å². The van der Waals surface area contributed by atoms with Gasteiger partial charge < -0.3 is 10.1 Å². The number of anilines is 1. The molecule has 22 heavy (non-hydrogen) atoms. The molecule has 0 heterocycles. The van der Waals surface area contributed by atoms with Gasteiger partial charge in [0, 0.05) is 5.69 Å². The molecule has 0 unspecified atom stereocenters. The van der Waals surface area contributed by atoms with Gasteiger partial charge >= 0.3 is 0 Å². The smallest absolute Gasteiger partial charge is 0.262 e. The Balaban J connectivity index is 2.00. The third-order valence-electron chi connectivity index (χ3n) is 3.51. The Morgan fingerprint density at radius 1 is 1.05 bits per heavy atom. The summed E-state index contributed by atoms with van der Waals surface area (Å²) in [7, 11) is 0. The van der Waals surface area contributed by atoms with Gasteiger partial charge in [-0.2, -0.15) is 0 Å². The van der Waals surface area contributed by atoms with Crippen LogP contribution in [-0.4, -0.2) is 12.5 Å². The third-order valence-corrected chi connectivity index (χ3v) is 4.10. The van der Waals surface area contributed by atoms with Gasteiger partial charge in [0.25, 0.3) is 5.91 Å². The number of amides is 1. The van der Waals surface area contributed by atoms with Crippen LogP contribution in [0.3, 0.4) is 0 Å². The predicted octanol–water partition coefficient (Wildman–Crippen LogP) is 4.70. The molecule has 3 nitrogen and oxygen atoms in total. The van der Waals surface area contributed by atoms with Crippen molar-refractivity contribution in [1.82, 2.24) is 0 Å². The lowest BCUT2D eigenvalue weighted by Gasteiger charge is -2.12. The lowest BCUT2D eigenvalue weighted by molar-refractivity contribution is -0.118. The molecule has 2 aromatic carbocycles. The van der Waals surface area contributed by atoms with E-state index in [2.05, 4.69) is 21.2 Å². The van der Waals surface area contributed by atoms with E-state index in [9.17, 15) is 4.79 Å². The van der Waals surface area contributed by atoms with Crippen molar-refractivity contribution in [2.45, 2.75) is 27.7 Å². The van der Waals surface area contributed by atoms with Gasteiger partial charge in [0.15, 0.2) is 6.61 Å². The number of ether oxygens (including phenoxy) is 1. The largest absolute Gasteiger partial charge is 0.482 e. The van der Waals surface area contributed by atoms with Gasteiger partial charge in [0.1, 0.15) is 5.75 Å². The van der Waals surface area contributed by atoms with E-state index in [1.807, 2.05) is 58.0 Å². The van der Waals surface area contributed by atoms with Crippen molar-refractivity contribution in [3.8, 4) is 5.75 Å². The van der Waals surface area contributed by atoms with Crippen LogP contribution in [0.4, 0.5) is 5.69 Å². The Bertz CT molecular complexity index is 687. The van der Waals surface area contributed by atoms with Gasteiger partial charge in [-0.3, -0.25) is 4.79 Å². The van der Waals surface area contributed by atoms with E-state index in [0.717, 1.165) is 26.9 Å². The number of carbonyl (C=O) groups excluding carboxylic acids is 1. The summed E-state index contributed by atoms with van der Waals surface area (Å²) < 4.78 is 6.52. The Morgan fingerprint density at radius 3 is 2.41 bits per heavy atom. The summed E-state index contributed by atoms with van der Waals surface area (Å²) in [5.74, 6) is 0.538. The summed E-state index contributed by atoms with van der Waals surface area (Å²) in [5.41, 5.74) is 5.29. The molecule has 0 fully saturated rings. The van der Waals surface area contributed by atoms with Gasteiger partial charge in [-0.1, -0.05) is 12.1 Å². The van der Waals surface area contributed by atoms with Crippen LogP contribution in [0, 0.1) is 27.7 Å². The Hall–Kier alpha value is -1.81. The second-order valence-electron chi connectivity index (χ2n) is 5.53. The second kappa shape index (κ2) is 6.97. The fourth-order valence-corrected chi connectivity index (χ4v) is 3.03. The zero-order chi connectivity index (χ0) is 16.3. The van der Waals surface area contributed by atoms with E-state index in [4.69, 9.17) is 4.74 Å². The van der Waals surface area contributed by atoms with Crippen LogP contribution in [0.2, 0.25) is 0 Å². The van der Waals surface area contributed by atoms with Crippen LogP contribution in [0.25, 0.3) is 0 Å². The van der Waals surface area contributed by atoms with Gasteiger partial charge in [-0.25, -0.2) is 0 Å². The quantitative estimate of drug-likeness (QED) is 0.856. The topological polar surface area (TPSA) is 38.3 Å². The molecule has 0 aliphatic rings. The van der Waals surface area contributed by atoms with Crippen LogP contribution < -0.4 is 10.1 Å². The zero-order valence-corrected chi connectivity index (χ0v) is 14.9. The number of carbonyl (C=O) groups is 1. The van der Waals surface area contributed by atoms with Gasteiger partial charge in [-0.15, -0.1) is 0 Å². The molecule has 0 atom stereocenters. The number of hydrogen-bond donors (Lipinski definition) is 1. The average Bonchev–Trinajstić information content (AvgIpc) is 2.41. The fourth-order valence-electron chi connectivity index (χ4n) is 2.24. The van der Waals surface area contributed by atoms with Gasteiger partial charge in [0.2, 0.25) is 0 Å². The number of aryl methyl sites for hydroxylation is 4. The minimum Gasteiger partial charge on any atom is -0.482 e. The van der Waals surface area contributed by atoms with E-state index < -0.39 is 0 Å². The second-order valence-corrected chi connectivity index (χ2v) is 6.38. The highest BCUT2D eigenvalue weighted by Gasteiger charge is 2.09. The average molecular weight is 362 g/mol. The molecule has 1 N–H and O–H groups in total. The van der Waals surface area contributed by atoms with Crippen LogP contribution in [0.15, 0.2) is 34.8 Å². The number of nitrogens with one attached hydrogen (secondary N) is 1. The highest BCUT2D eigenvalue weighted by molar-refractivity contribution is 9.10. The molecule has 0 aromatic heterocycles. The van der Waals surface area contributed by atoms with Crippen LogP contribution in [-0.2, 0) is 4.79 Å². The lowest BCUT2D eigenvalue weighted by Crippen LogP contribution is -2.20. The summed E-state index contributed by atoms with van der Waals surface area (Å²) in [6.07, 6.45) is 0. The Labute approximate surface area is 139 Å². The van der Waals surface area contributed by atoms with Crippen molar-refractivity contribution >= 4 is 27.5 Å². The van der Waals surface area contributed by atoms with Crippen molar-refractivity contribution < 1.29 is 9.53 Å². The third kappa shape index (κ3) is 4.10. The van der Waals surface area contributed by atoms with Crippen molar-refractivity contribution in [2.24, 2.45) is 0 Å². The molecule has 1 amide bonds. The maximum atomic E-state index is 12.0. The molecule has 0 saturated carbocycles. The SMILES string of the molecule is Cc1cc(C)c(OCC(=O)Nc2ccc(C)c(C)c2)c(Br)c1. The monoisotopic (exact) mass is 361 g/mol. The molecule has 0 radical (unpaired) electrons. The maximum Gasteiger partial charge on any atom is 0.262 e. The first-order chi connectivity index (χ1) is 10.4. The number of hydrogen-bond acceptors (Lipinski definition) is 2. The van der Waals surface area contributed by atoms with Crippen LogP contribution in [0.1, 0.15) is 22.3 Å². The summed E-state index contributed by atoms with van der Waals surface area (Å²) >= 11 is 3.48. The number of rotatable bonds is 4. The van der Waals surface area contributed by atoms with Crippen LogP contribution in [0.5, 0.6) is 5.75 Å². The normalized spacial score (nSPS) is 10.4. The van der Waals surface area contributed by atoms with Crippen molar-refractivity contribution in [3.05, 3.63) is 57.1 Å². The lowest BCUT2D eigenvalue weighted by atomic mass is 10.1. The first-order valence-corrected chi connectivity index (χ1v) is 7.93. The first kappa shape index (κ1) is 16.6. The highest BCUT2D eigenvalue weighted by atomic mass is 79.9. The molecule has 116 valence electrons. The molecular formula is C18H20BrNO2. The molecule has 0 bridgehead atoms. The molecule has 0 aliphatic heterocycles. The molecule has 0 aliphatic carbocycles. The van der Waals surface area contributed by atoms with E-state index >= 15 is 0 Å². The number of benzene rings is 2. The maximum absolute atomic E-state index is 12.0. The number of halogens is 1. The molecule has 2 rings (SSSR count). The minimum atomic E-state index is -0.171. The minimum absolute atomic E-state index is 0.0184. The van der Waals surface area contributed by atoms with E-state index in [0.29, 0.717) is 5.75 Å². The molecule has 0 saturated heterocycles. The summed E-state index contributed by atoms with van der Waals surface area (Å²) in [5, 5.41) is 2.85. The molecule has 4 heteroatoms. The Kier molecular flexibility index (Phi) is 5.24. The van der Waals surface area contributed by atoms with Crippen molar-refractivity contribution in [2.75, 3.05) is 11.9 Å². The van der Waals surface area contributed by atoms with Gasteiger partial charge in [0.05, 0.1) is 4.47 Å². The standard InChI is InChI=1S/C18H20BrNO2/c1-11-7-14(4)18(16(19)8-11)22-10-17(21)20-15-6-5-12(2)13(3)9-15/h5-9H,10H2,1-4H3,(H,20,21). The van der Waals surface area contributed by atoms with Crippen molar-refractivity contribution in [3.63, 3.8) is 0 Å². The summed E-state index contributed by atoms with van der Waals surface area (Å²) in [4.78, 5) is 12.0. The molecule has 0 spiro atoms. The van der Waals surface area contributed by atoms with E-state index in [-0.39, 0.29) is 12.5 Å². The van der Waals surface area contributed by atoms with E-state index in [1.165, 1.54) is 5.56 Å². The van der Waals surface area contributed by atoms with Crippen LogP contribution >= 0.6 is 15.9 Å². The van der Waals surface area contributed by atoms with E-state index in [1.54, 1.807) is 0 Å². The highest BCUT2D eigenvalue weighted by Crippen LogP contribution is 2.30. The molecule has 2 aromatic rings. The zero-order valence-electron chi connectivity index (χ0n) is 13.3. The summed E-state index contributed by atoms with van der Waals surface area (Å²) in [6, 6.07) is 9.85. The van der Waals surface area contributed by atoms with Gasteiger partial charge in [-0.05, 0) is 84.1 Å².